The second kappa shape index (κ2) is 9.43. The van der Waals surface area contributed by atoms with Gasteiger partial charge in [0, 0.05) is 6.54 Å². The minimum atomic E-state index is -0.171. The number of carbonyl (C=O) groups is 2. The fourth-order valence-corrected chi connectivity index (χ4v) is 3.56. The van der Waals surface area contributed by atoms with Gasteiger partial charge in [-0.25, -0.2) is 4.99 Å². The van der Waals surface area contributed by atoms with Crippen molar-refractivity contribution in [2.45, 2.75) is 20.8 Å². The molecule has 2 aromatic carbocycles. The number of aryl methyl sites for hydroxylation is 2. The van der Waals surface area contributed by atoms with Gasteiger partial charge in [0.25, 0.3) is 11.8 Å². The molecule has 1 saturated heterocycles. The zero-order valence-corrected chi connectivity index (χ0v) is 17.4. The first kappa shape index (κ1) is 20.7. The third-order valence-electron chi connectivity index (χ3n) is 4.15. The van der Waals surface area contributed by atoms with Crippen LogP contribution in [0, 0.1) is 13.8 Å². The summed E-state index contributed by atoms with van der Waals surface area (Å²) in [7, 11) is 0. The third-order valence-corrected chi connectivity index (χ3v) is 5.06. The van der Waals surface area contributed by atoms with Crippen molar-refractivity contribution in [1.29, 1.82) is 0 Å². The average molecular weight is 410 g/mol. The summed E-state index contributed by atoms with van der Waals surface area (Å²) < 4.78 is 5.43. The zero-order chi connectivity index (χ0) is 20.8. The van der Waals surface area contributed by atoms with E-state index in [-0.39, 0.29) is 18.4 Å². The lowest BCUT2D eigenvalue weighted by atomic mass is 10.1. The van der Waals surface area contributed by atoms with E-state index >= 15 is 0 Å². The number of nitrogens with zero attached hydrogens (tertiary/aromatic N) is 1. The monoisotopic (exact) mass is 409 g/mol. The number of likely N-dealkylation sites (N-methyl/N-ethyl adjacent to an activating group) is 1. The molecule has 1 aliphatic heterocycles. The van der Waals surface area contributed by atoms with Crippen LogP contribution < -0.4 is 15.4 Å². The van der Waals surface area contributed by atoms with E-state index in [1.807, 2.05) is 45.0 Å². The topological polar surface area (TPSA) is 79.8 Å². The first-order chi connectivity index (χ1) is 13.9. The maximum absolute atomic E-state index is 12.3. The first-order valence-electron chi connectivity index (χ1n) is 9.31. The van der Waals surface area contributed by atoms with Crippen LogP contribution in [0.1, 0.15) is 23.6 Å². The lowest BCUT2D eigenvalue weighted by molar-refractivity contribution is -0.123. The van der Waals surface area contributed by atoms with Crippen molar-refractivity contribution in [3.63, 3.8) is 0 Å². The first-order valence-corrected chi connectivity index (χ1v) is 10.1. The van der Waals surface area contributed by atoms with Crippen molar-refractivity contribution in [2.75, 3.05) is 13.2 Å². The van der Waals surface area contributed by atoms with Crippen molar-refractivity contribution >= 4 is 40.5 Å². The number of amidine groups is 1. The van der Waals surface area contributed by atoms with Crippen molar-refractivity contribution in [3.8, 4) is 5.75 Å². The number of benzene rings is 2. The Morgan fingerprint density at radius 1 is 1.21 bits per heavy atom. The minimum Gasteiger partial charge on any atom is -0.484 e. The Balaban J connectivity index is 1.66. The van der Waals surface area contributed by atoms with Gasteiger partial charge in [-0.1, -0.05) is 29.8 Å². The molecule has 6 nitrogen and oxygen atoms in total. The third kappa shape index (κ3) is 5.71. The van der Waals surface area contributed by atoms with Crippen LogP contribution in [0.5, 0.6) is 5.75 Å². The summed E-state index contributed by atoms with van der Waals surface area (Å²) in [5, 5.41) is 6.05. The highest BCUT2D eigenvalue weighted by molar-refractivity contribution is 8.18. The number of rotatable bonds is 6. The summed E-state index contributed by atoms with van der Waals surface area (Å²) >= 11 is 1.31. The number of ether oxygens (including phenoxy) is 1. The fourth-order valence-electron chi connectivity index (χ4n) is 2.73. The predicted octanol–water partition coefficient (Wildman–Crippen LogP) is 3.71. The summed E-state index contributed by atoms with van der Waals surface area (Å²) in [5.74, 6) is 0.266. The van der Waals surface area contributed by atoms with Gasteiger partial charge < -0.3 is 15.4 Å². The number of hydrogen-bond acceptors (Lipinski definition) is 5. The highest BCUT2D eigenvalue weighted by atomic mass is 32.2. The van der Waals surface area contributed by atoms with Gasteiger partial charge in [-0.05, 0) is 67.9 Å². The molecule has 2 N–H and O–H groups in total. The zero-order valence-electron chi connectivity index (χ0n) is 16.6. The molecule has 2 aromatic rings. The summed E-state index contributed by atoms with van der Waals surface area (Å²) in [6, 6.07) is 13.2. The molecule has 3 rings (SSSR count). The van der Waals surface area contributed by atoms with E-state index in [4.69, 9.17) is 4.74 Å². The Kier molecular flexibility index (Phi) is 6.72. The van der Waals surface area contributed by atoms with Crippen molar-refractivity contribution in [2.24, 2.45) is 4.99 Å². The molecule has 0 atom stereocenters. The average Bonchev–Trinajstić information content (AvgIpc) is 3.03. The molecule has 1 aliphatic rings. The standard InChI is InChI=1S/C22H23N3O3S/c1-4-23-20(26)13-28-17-8-6-16(7-9-17)12-19-21(27)25-22(29-19)24-18-10-5-14(2)11-15(18)3/h5-12H,4,13H2,1-3H3,(H,23,26)(H,24,25,27)/b19-12-. The van der Waals surface area contributed by atoms with Crippen LogP contribution in [0.3, 0.4) is 0 Å². The Morgan fingerprint density at radius 3 is 2.66 bits per heavy atom. The molecule has 2 amide bonds. The molecule has 150 valence electrons. The van der Waals surface area contributed by atoms with Crippen molar-refractivity contribution < 1.29 is 14.3 Å². The highest BCUT2D eigenvalue weighted by Crippen LogP contribution is 2.29. The summed E-state index contributed by atoms with van der Waals surface area (Å²) in [4.78, 5) is 28.9. The van der Waals surface area contributed by atoms with E-state index in [0.29, 0.717) is 22.4 Å². The molecule has 0 radical (unpaired) electrons. The number of amides is 2. The van der Waals surface area contributed by atoms with Gasteiger partial charge in [0.2, 0.25) is 0 Å². The predicted molar refractivity (Wildman–Crippen MR) is 117 cm³/mol. The number of thioether (sulfide) groups is 1. The van der Waals surface area contributed by atoms with Gasteiger partial charge in [0.15, 0.2) is 11.8 Å². The fraction of sp³-hybridized carbons (Fsp3) is 0.227. The second-order valence-electron chi connectivity index (χ2n) is 6.58. The lowest BCUT2D eigenvalue weighted by Gasteiger charge is -2.06. The summed E-state index contributed by atoms with van der Waals surface area (Å²) in [5.41, 5.74) is 3.94. The normalized spacial score (nSPS) is 16.2. The van der Waals surface area contributed by atoms with Crippen LogP contribution >= 0.6 is 11.8 Å². The van der Waals surface area contributed by atoms with Crippen LogP contribution in [0.4, 0.5) is 5.69 Å². The lowest BCUT2D eigenvalue weighted by Crippen LogP contribution is -2.28. The van der Waals surface area contributed by atoms with Crippen LogP contribution in [0.15, 0.2) is 52.4 Å². The Hall–Kier alpha value is -3.06. The Morgan fingerprint density at radius 2 is 1.97 bits per heavy atom. The van der Waals surface area contributed by atoms with Gasteiger partial charge in [0.05, 0.1) is 10.6 Å². The van der Waals surface area contributed by atoms with Crippen LogP contribution in [-0.4, -0.2) is 30.1 Å². The maximum atomic E-state index is 12.3. The van der Waals surface area contributed by atoms with E-state index in [2.05, 4.69) is 21.7 Å². The Labute approximate surface area is 174 Å². The molecule has 0 aliphatic carbocycles. The van der Waals surface area contributed by atoms with E-state index in [1.165, 1.54) is 17.3 Å². The van der Waals surface area contributed by atoms with Gasteiger partial charge in [-0.2, -0.15) is 0 Å². The van der Waals surface area contributed by atoms with Gasteiger partial charge in [-0.15, -0.1) is 0 Å². The van der Waals surface area contributed by atoms with E-state index < -0.39 is 0 Å². The second-order valence-corrected chi connectivity index (χ2v) is 7.61. The van der Waals surface area contributed by atoms with Gasteiger partial charge >= 0.3 is 0 Å². The van der Waals surface area contributed by atoms with Crippen LogP contribution in [0.2, 0.25) is 0 Å². The van der Waals surface area contributed by atoms with Crippen LogP contribution in [0.25, 0.3) is 6.08 Å². The molecule has 0 unspecified atom stereocenters. The highest BCUT2D eigenvalue weighted by Gasteiger charge is 2.24. The molecule has 0 aromatic heterocycles. The van der Waals surface area contributed by atoms with Crippen molar-refractivity contribution in [3.05, 3.63) is 64.1 Å². The van der Waals surface area contributed by atoms with Gasteiger partial charge in [0.1, 0.15) is 5.75 Å². The number of hydrogen-bond donors (Lipinski definition) is 2. The SMILES string of the molecule is CCNC(=O)COc1ccc(/C=C2\SC(=Nc3ccc(C)cc3C)NC2=O)cc1. The molecule has 0 bridgehead atoms. The molecule has 1 fully saturated rings. The summed E-state index contributed by atoms with van der Waals surface area (Å²) in [6.45, 7) is 6.44. The van der Waals surface area contributed by atoms with E-state index in [1.54, 1.807) is 18.2 Å². The molecule has 0 spiro atoms. The molecule has 29 heavy (non-hydrogen) atoms. The smallest absolute Gasteiger partial charge is 0.264 e. The quantitative estimate of drug-likeness (QED) is 0.713. The molecular formula is C22H23N3O3S. The van der Waals surface area contributed by atoms with E-state index in [0.717, 1.165) is 16.8 Å². The number of aliphatic imine (C=N–C) groups is 1. The van der Waals surface area contributed by atoms with E-state index in [9.17, 15) is 9.59 Å². The largest absolute Gasteiger partial charge is 0.484 e. The molecule has 7 heteroatoms. The van der Waals surface area contributed by atoms with Crippen molar-refractivity contribution in [1.82, 2.24) is 10.6 Å². The summed E-state index contributed by atoms with van der Waals surface area (Å²) in [6.07, 6.45) is 1.80. The number of nitrogens with one attached hydrogen (secondary N) is 2. The van der Waals surface area contributed by atoms with Gasteiger partial charge in [-0.3, -0.25) is 9.59 Å². The number of carbonyl (C=O) groups excluding carboxylic acids is 2. The Bertz CT molecular complexity index is 981. The van der Waals surface area contributed by atoms with Crippen LogP contribution in [-0.2, 0) is 9.59 Å². The molecule has 0 saturated carbocycles. The maximum Gasteiger partial charge on any atom is 0.264 e. The minimum absolute atomic E-state index is 0.0230. The molecule has 1 heterocycles. The molecular weight excluding hydrogens is 386 g/mol.